The molecule has 2 amide bonds. The van der Waals surface area contributed by atoms with Crippen molar-refractivity contribution in [1.29, 1.82) is 0 Å². The van der Waals surface area contributed by atoms with Crippen molar-refractivity contribution < 1.29 is 9.59 Å². The van der Waals surface area contributed by atoms with Crippen LogP contribution in [-0.4, -0.2) is 29.9 Å². The van der Waals surface area contributed by atoms with E-state index in [-0.39, 0.29) is 11.8 Å². The van der Waals surface area contributed by atoms with Gasteiger partial charge in [0, 0.05) is 11.3 Å². The largest absolute Gasteiger partial charge is 0.340 e. The van der Waals surface area contributed by atoms with E-state index in [1.807, 2.05) is 62.6 Å². The van der Waals surface area contributed by atoms with Crippen molar-refractivity contribution in [3.05, 3.63) is 65.2 Å². The Kier molecular flexibility index (Phi) is 7.07. The number of aryl methyl sites for hydroxylation is 2. The number of rotatable bonds is 7. The molecule has 4 nitrogen and oxygen atoms in total. The number of hydrogen-bond acceptors (Lipinski definition) is 3. The molecule has 132 valence electrons. The van der Waals surface area contributed by atoms with Crippen LogP contribution in [0.1, 0.15) is 27.9 Å². The first-order valence-corrected chi connectivity index (χ1v) is 9.63. The van der Waals surface area contributed by atoms with Gasteiger partial charge in [-0.25, -0.2) is 0 Å². The number of carbonyl (C=O) groups is 2. The lowest BCUT2D eigenvalue weighted by Crippen LogP contribution is -2.44. The smallest absolute Gasteiger partial charge is 0.251 e. The Hall–Kier alpha value is -2.27. The zero-order valence-corrected chi connectivity index (χ0v) is 15.7. The van der Waals surface area contributed by atoms with Gasteiger partial charge in [0.2, 0.25) is 5.91 Å². The van der Waals surface area contributed by atoms with Crippen molar-refractivity contribution >= 4 is 29.3 Å². The SMILES string of the molecule is CSCCC(NC(=O)c1cccc(C)c1)C(=O)Nc1ccc(C)cc1. The predicted octanol–water partition coefficient (Wildman–Crippen LogP) is 3.79. The van der Waals surface area contributed by atoms with E-state index in [4.69, 9.17) is 0 Å². The van der Waals surface area contributed by atoms with E-state index >= 15 is 0 Å². The van der Waals surface area contributed by atoms with Crippen LogP contribution in [0.4, 0.5) is 5.69 Å². The Bertz CT molecular complexity index is 729. The Morgan fingerprint density at radius 3 is 2.40 bits per heavy atom. The average Bonchev–Trinajstić information content (AvgIpc) is 2.60. The standard InChI is InChI=1S/C20H24N2O2S/c1-14-7-9-17(10-8-14)21-20(24)18(11-12-25-3)22-19(23)16-6-4-5-15(2)13-16/h4-10,13,18H,11-12H2,1-3H3,(H,21,24)(H,22,23). The molecule has 25 heavy (non-hydrogen) atoms. The van der Waals surface area contributed by atoms with Gasteiger partial charge in [0.05, 0.1) is 0 Å². The molecule has 5 heteroatoms. The fourth-order valence-corrected chi connectivity index (χ4v) is 2.87. The van der Waals surface area contributed by atoms with Gasteiger partial charge in [-0.15, -0.1) is 0 Å². The van der Waals surface area contributed by atoms with Crippen LogP contribution in [0.2, 0.25) is 0 Å². The van der Waals surface area contributed by atoms with Crippen LogP contribution in [0.25, 0.3) is 0 Å². The van der Waals surface area contributed by atoms with Crippen molar-refractivity contribution in [3.8, 4) is 0 Å². The van der Waals surface area contributed by atoms with E-state index in [0.717, 1.165) is 22.6 Å². The van der Waals surface area contributed by atoms with Crippen LogP contribution in [0.3, 0.4) is 0 Å². The maximum Gasteiger partial charge on any atom is 0.251 e. The highest BCUT2D eigenvalue weighted by atomic mass is 32.2. The molecule has 0 bridgehead atoms. The molecule has 2 rings (SSSR count). The van der Waals surface area contributed by atoms with Gasteiger partial charge in [-0.2, -0.15) is 11.8 Å². The summed E-state index contributed by atoms with van der Waals surface area (Å²) >= 11 is 1.65. The molecular formula is C20H24N2O2S. The Morgan fingerprint density at radius 2 is 1.76 bits per heavy atom. The molecule has 2 N–H and O–H groups in total. The van der Waals surface area contributed by atoms with Gasteiger partial charge >= 0.3 is 0 Å². The number of anilines is 1. The molecule has 0 radical (unpaired) electrons. The number of benzene rings is 2. The summed E-state index contributed by atoms with van der Waals surface area (Å²) in [4.78, 5) is 25.1. The first-order valence-electron chi connectivity index (χ1n) is 8.23. The Morgan fingerprint density at radius 1 is 1.04 bits per heavy atom. The van der Waals surface area contributed by atoms with Gasteiger partial charge in [-0.1, -0.05) is 35.4 Å². The summed E-state index contributed by atoms with van der Waals surface area (Å²) in [5.74, 6) is 0.368. The second kappa shape index (κ2) is 9.28. The van der Waals surface area contributed by atoms with E-state index in [1.54, 1.807) is 17.8 Å². The highest BCUT2D eigenvalue weighted by Crippen LogP contribution is 2.11. The van der Waals surface area contributed by atoms with Gasteiger partial charge in [-0.05, 0) is 56.5 Å². The number of carbonyl (C=O) groups excluding carboxylic acids is 2. The molecule has 0 aliphatic carbocycles. The summed E-state index contributed by atoms with van der Waals surface area (Å²) in [6, 6.07) is 14.4. The van der Waals surface area contributed by atoms with E-state index < -0.39 is 6.04 Å². The van der Waals surface area contributed by atoms with E-state index in [0.29, 0.717) is 12.0 Å². The van der Waals surface area contributed by atoms with Crippen LogP contribution in [0.5, 0.6) is 0 Å². The zero-order valence-electron chi connectivity index (χ0n) is 14.8. The van der Waals surface area contributed by atoms with Gasteiger partial charge in [0.15, 0.2) is 0 Å². The van der Waals surface area contributed by atoms with Crippen molar-refractivity contribution in [2.24, 2.45) is 0 Å². The molecule has 0 spiro atoms. The third kappa shape index (κ3) is 5.94. The topological polar surface area (TPSA) is 58.2 Å². The molecule has 1 unspecified atom stereocenters. The summed E-state index contributed by atoms with van der Waals surface area (Å²) in [6.07, 6.45) is 2.56. The molecule has 0 aliphatic rings. The summed E-state index contributed by atoms with van der Waals surface area (Å²) in [6.45, 7) is 3.93. The molecule has 0 saturated heterocycles. The molecular weight excluding hydrogens is 332 g/mol. The highest BCUT2D eigenvalue weighted by molar-refractivity contribution is 7.98. The first kappa shape index (κ1) is 19.1. The van der Waals surface area contributed by atoms with Crippen molar-refractivity contribution in [1.82, 2.24) is 5.32 Å². The minimum atomic E-state index is -0.568. The van der Waals surface area contributed by atoms with E-state index in [1.165, 1.54) is 0 Å². The van der Waals surface area contributed by atoms with Gasteiger partial charge in [0.25, 0.3) is 5.91 Å². The Balaban J connectivity index is 2.07. The predicted molar refractivity (Wildman–Crippen MR) is 105 cm³/mol. The normalized spacial score (nSPS) is 11.6. The Labute approximate surface area is 153 Å². The number of nitrogens with one attached hydrogen (secondary N) is 2. The lowest BCUT2D eigenvalue weighted by Gasteiger charge is -2.18. The molecule has 0 saturated carbocycles. The van der Waals surface area contributed by atoms with E-state index in [9.17, 15) is 9.59 Å². The van der Waals surface area contributed by atoms with Gasteiger partial charge in [-0.3, -0.25) is 9.59 Å². The monoisotopic (exact) mass is 356 g/mol. The third-order valence-electron chi connectivity index (χ3n) is 3.83. The second-order valence-corrected chi connectivity index (χ2v) is 7.02. The van der Waals surface area contributed by atoms with Crippen LogP contribution < -0.4 is 10.6 Å². The molecule has 0 heterocycles. The summed E-state index contributed by atoms with van der Waals surface area (Å²) < 4.78 is 0. The maximum atomic E-state index is 12.6. The number of amides is 2. The van der Waals surface area contributed by atoms with Crippen LogP contribution in [0, 0.1) is 13.8 Å². The average molecular weight is 356 g/mol. The molecule has 2 aromatic carbocycles. The quantitative estimate of drug-likeness (QED) is 0.793. The molecule has 0 aliphatic heterocycles. The molecule has 2 aromatic rings. The summed E-state index contributed by atoms with van der Waals surface area (Å²) in [5.41, 5.74) is 3.44. The molecule has 0 fully saturated rings. The summed E-state index contributed by atoms with van der Waals surface area (Å²) in [7, 11) is 0. The summed E-state index contributed by atoms with van der Waals surface area (Å²) in [5, 5.41) is 5.75. The van der Waals surface area contributed by atoms with Crippen molar-refractivity contribution in [2.45, 2.75) is 26.3 Å². The zero-order chi connectivity index (χ0) is 18.2. The second-order valence-electron chi connectivity index (χ2n) is 6.03. The number of thioether (sulfide) groups is 1. The van der Waals surface area contributed by atoms with Crippen LogP contribution >= 0.6 is 11.8 Å². The van der Waals surface area contributed by atoms with Crippen LogP contribution in [0.15, 0.2) is 48.5 Å². The molecule has 0 aromatic heterocycles. The fourth-order valence-electron chi connectivity index (χ4n) is 2.40. The lowest BCUT2D eigenvalue weighted by atomic mass is 10.1. The van der Waals surface area contributed by atoms with Crippen molar-refractivity contribution in [3.63, 3.8) is 0 Å². The highest BCUT2D eigenvalue weighted by Gasteiger charge is 2.21. The molecule has 1 atom stereocenters. The fraction of sp³-hybridized carbons (Fsp3) is 0.300. The van der Waals surface area contributed by atoms with Crippen molar-refractivity contribution in [2.75, 3.05) is 17.3 Å². The van der Waals surface area contributed by atoms with Gasteiger partial charge < -0.3 is 10.6 Å². The maximum absolute atomic E-state index is 12.6. The first-order chi connectivity index (χ1) is 12.0. The lowest BCUT2D eigenvalue weighted by molar-refractivity contribution is -0.118. The third-order valence-corrected chi connectivity index (χ3v) is 4.48. The van der Waals surface area contributed by atoms with Gasteiger partial charge in [0.1, 0.15) is 6.04 Å². The minimum absolute atomic E-state index is 0.195. The van der Waals surface area contributed by atoms with Crippen LogP contribution in [-0.2, 0) is 4.79 Å². The van der Waals surface area contributed by atoms with E-state index in [2.05, 4.69) is 10.6 Å². The minimum Gasteiger partial charge on any atom is -0.340 e. The number of hydrogen-bond donors (Lipinski definition) is 2.